The van der Waals surface area contributed by atoms with Gasteiger partial charge in [-0.25, -0.2) is 4.98 Å². The van der Waals surface area contributed by atoms with Crippen LogP contribution in [0.2, 0.25) is 0 Å². The lowest BCUT2D eigenvalue weighted by Crippen LogP contribution is -2.18. The van der Waals surface area contributed by atoms with E-state index in [9.17, 15) is 0 Å². The highest BCUT2D eigenvalue weighted by Crippen LogP contribution is 2.21. The number of fused-ring (bicyclic) bond motifs is 1. The van der Waals surface area contributed by atoms with Gasteiger partial charge in [-0.2, -0.15) is 0 Å². The van der Waals surface area contributed by atoms with Crippen molar-refractivity contribution in [1.29, 1.82) is 0 Å². The summed E-state index contributed by atoms with van der Waals surface area (Å²) in [6, 6.07) is 4.21. The van der Waals surface area contributed by atoms with E-state index in [0.29, 0.717) is 0 Å². The molecule has 0 bridgehead atoms. The molecule has 2 nitrogen and oxygen atoms in total. The Labute approximate surface area is 73.2 Å². The fraction of sp³-hybridized carbons (Fsp3) is 0.500. The van der Waals surface area contributed by atoms with E-state index in [1.54, 1.807) is 0 Å². The fourth-order valence-corrected chi connectivity index (χ4v) is 1.74. The van der Waals surface area contributed by atoms with Crippen molar-refractivity contribution in [1.82, 2.24) is 4.98 Å². The van der Waals surface area contributed by atoms with Gasteiger partial charge in [-0.1, -0.05) is 6.07 Å². The number of hydrogen-bond acceptors (Lipinski definition) is 2. The van der Waals surface area contributed by atoms with E-state index in [4.69, 9.17) is 0 Å². The number of aromatic nitrogens is 1. The number of pyridine rings is 1. The van der Waals surface area contributed by atoms with Crippen molar-refractivity contribution in [2.24, 2.45) is 0 Å². The SMILES string of the molecule is CN1CCCCc2cccnc21. The molecule has 0 atom stereocenters. The molecule has 2 heterocycles. The first-order chi connectivity index (χ1) is 5.88. The zero-order valence-corrected chi connectivity index (χ0v) is 7.45. The van der Waals surface area contributed by atoms with E-state index in [2.05, 4.69) is 23.0 Å². The van der Waals surface area contributed by atoms with Crippen LogP contribution < -0.4 is 4.90 Å². The Kier molecular flexibility index (Phi) is 1.98. The average Bonchev–Trinajstić information content (AvgIpc) is 2.29. The summed E-state index contributed by atoms with van der Waals surface area (Å²) in [6.45, 7) is 1.14. The van der Waals surface area contributed by atoms with E-state index in [1.165, 1.54) is 30.6 Å². The maximum atomic E-state index is 4.39. The number of nitrogens with zero attached hydrogens (tertiary/aromatic N) is 2. The lowest BCUT2D eigenvalue weighted by molar-refractivity contribution is 0.748. The third-order valence-corrected chi connectivity index (χ3v) is 2.42. The number of aryl methyl sites for hydroxylation is 1. The average molecular weight is 162 g/mol. The number of rotatable bonds is 0. The molecule has 2 rings (SSSR count). The standard InChI is InChI=1S/C10H14N2/c1-12-8-3-2-5-9-6-4-7-11-10(9)12/h4,6-7H,2-3,5,8H2,1H3. The maximum absolute atomic E-state index is 4.39. The van der Waals surface area contributed by atoms with Gasteiger partial charge in [0.05, 0.1) is 0 Å². The first-order valence-corrected chi connectivity index (χ1v) is 4.53. The fourth-order valence-electron chi connectivity index (χ4n) is 1.74. The minimum absolute atomic E-state index is 1.14. The van der Waals surface area contributed by atoms with Crippen LogP contribution in [0.3, 0.4) is 0 Å². The van der Waals surface area contributed by atoms with Gasteiger partial charge in [-0.3, -0.25) is 0 Å². The van der Waals surface area contributed by atoms with Crippen LogP contribution in [0.4, 0.5) is 5.82 Å². The van der Waals surface area contributed by atoms with Crippen LogP contribution in [0.5, 0.6) is 0 Å². The highest BCUT2D eigenvalue weighted by molar-refractivity contribution is 5.46. The lowest BCUT2D eigenvalue weighted by Gasteiger charge is -2.16. The summed E-state index contributed by atoms with van der Waals surface area (Å²) >= 11 is 0. The Morgan fingerprint density at radius 3 is 3.25 bits per heavy atom. The molecule has 0 spiro atoms. The Morgan fingerprint density at radius 2 is 2.33 bits per heavy atom. The highest BCUT2D eigenvalue weighted by atomic mass is 15.2. The molecule has 0 amide bonds. The van der Waals surface area contributed by atoms with Crippen molar-refractivity contribution < 1.29 is 0 Å². The van der Waals surface area contributed by atoms with Gasteiger partial charge in [0.25, 0.3) is 0 Å². The molecule has 0 saturated carbocycles. The van der Waals surface area contributed by atoms with E-state index in [1.807, 2.05) is 12.3 Å². The predicted molar refractivity (Wildman–Crippen MR) is 50.4 cm³/mol. The third kappa shape index (κ3) is 1.29. The van der Waals surface area contributed by atoms with Gasteiger partial charge in [0.2, 0.25) is 0 Å². The summed E-state index contributed by atoms with van der Waals surface area (Å²) < 4.78 is 0. The van der Waals surface area contributed by atoms with Gasteiger partial charge < -0.3 is 4.90 Å². The molecule has 0 radical (unpaired) electrons. The molecule has 0 fully saturated rings. The molecule has 1 aliphatic heterocycles. The third-order valence-electron chi connectivity index (χ3n) is 2.42. The Hall–Kier alpha value is -1.05. The van der Waals surface area contributed by atoms with Crippen LogP contribution in [0, 0.1) is 0 Å². The van der Waals surface area contributed by atoms with Crippen LogP contribution in [0.1, 0.15) is 18.4 Å². The highest BCUT2D eigenvalue weighted by Gasteiger charge is 2.11. The lowest BCUT2D eigenvalue weighted by atomic mass is 10.1. The molecular weight excluding hydrogens is 148 g/mol. The monoisotopic (exact) mass is 162 g/mol. The molecule has 2 heteroatoms. The van der Waals surface area contributed by atoms with Gasteiger partial charge in [0, 0.05) is 19.8 Å². The van der Waals surface area contributed by atoms with Crippen molar-refractivity contribution in [3.8, 4) is 0 Å². The second-order valence-corrected chi connectivity index (χ2v) is 3.36. The quantitative estimate of drug-likeness (QED) is 0.578. The maximum Gasteiger partial charge on any atom is 0.131 e. The second-order valence-electron chi connectivity index (χ2n) is 3.36. The topological polar surface area (TPSA) is 16.1 Å². The second kappa shape index (κ2) is 3.13. The number of hydrogen-bond donors (Lipinski definition) is 0. The van der Waals surface area contributed by atoms with E-state index in [0.717, 1.165) is 6.54 Å². The normalized spacial score (nSPS) is 16.9. The van der Waals surface area contributed by atoms with Crippen molar-refractivity contribution in [2.75, 3.05) is 18.5 Å². The summed E-state index contributed by atoms with van der Waals surface area (Å²) in [5, 5.41) is 0. The molecule has 0 saturated heterocycles. The van der Waals surface area contributed by atoms with Crippen LogP contribution in [-0.4, -0.2) is 18.6 Å². The van der Waals surface area contributed by atoms with Gasteiger partial charge in [-0.15, -0.1) is 0 Å². The Balaban J connectivity index is 2.39. The summed E-state index contributed by atoms with van der Waals surface area (Å²) in [6.07, 6.45) is 5.64. The summed E-state index contributed by atoms with van der Waals surface area (Å²) in [4.78, 5) is 6.64. The van der Waals surface area contributed by atoms with Gasteiger partial charge in [0.1, 0.15) is 5.82 Å². The summed E-state index contributed by atoms with van der Waals surface area (Å²) in [5.74, 6) is 1.18. The molecule has 1 aromatic heterocycles. The molecule has 0 N–H and O–H groups in total. The summed E-state index contributed by atoms with van der Waals surface area (Å²) in [7, 11) is 2.12. The molecule has 12 heavy (non-hydrogen) atoms. The van der Waals surface area contributed by atoms with Gasteiger partial charge in [0.15, 0.2) is 0 Å². The van der Waals surface area contributed by atoms with E-state index in [-0.39, 0.29) is 0 Å². The molecule has 64 valence electrons. The first-order valence-electron chi connectivity index (χ1n) is 4.53. The smallest absolute Gasteiger partial charge is 0.131 e. The minimum atomic E-state index is 1.14. The van der Waals surface area contributed by atoms with Crippen molar-refractivity contribution in [3.05, 3.63) is 23.9 Å². The summed E-state index contributed by atoms with van der Waals surface area (Å²) in [5.41, 5.74) is 1.40. The van der Waals surface area contributed by atoms with Crippen LogP contribution in [0.25, 0.3) is 0 Å². The van der Waals surface area contributed by atoms with Crippen molar-refractivity contribution in [3.63, 3.8) is 0 Å². The molecule has 0 aromatic carbocycles. The van der Waals surface area contributed by atoms with Crippen molar-refractivity contribution in [2.45, 2.75) is 19.3 Å². The molecule has 0 unspecified atom stereocenters. The molecule has 0 aliphatic carbocycles. The molecule has 1 aliphatic rings. The van der Waals surface area contributed by atoms with Gasteiger partial charge in [-0.05, 0) is 30.9 Å². The first kappa shape index (κ1) is 7.59. The largest absolute Gasteiger partial charge is 0.359 e. The number of anilines is 1. The van der Waals surface area contributed by atoms with Crippen LogP contribution in [-0.2, 0) is 6.42 Å². The minimum Gasteiger partial charge on any atom is -0.359 e. The predicted octanol–water partition coefficient (Wildman–Crippen LogP) is 1.85. The Bertz CT molecular complexity index is 270. The van der Waals surface area contributed by atoms with Crippen LogP contribution >= 0.6 is 0 Å². The van der Waals surface area contributed by atoms with E-state index >= 15 is 0 Å². The van der Waals surface area contributed by atoms with Gasteiger partial charge >= 0.3 is 0 Å². The Morgan fingerprint density at radius 1 is 1.42 bits per heavy atom. The van der Waals surface area contributed by atoms with Crippen molar-refractivity contribution >= 4 is 5.82 Å². The zero-order valence-electron chi connectivity index (χ0n) is 7.45. The molecular formula is C10H14N2. The molecule has 1 aromatic rings. The van der Waals surface area contributed by atoms with Crippen LogP contribution in [0.15, 0.2) is 18.3 Å². The zero-order chi connectivity index (χ0) is 8.39. The van der Waals surface area contributed by atoms with E-state index < -0.39 is 0 Å².